The maximum absolute atomic E-state index is 12.0. The molecule has 5 nitrogen and oxygen atoms in total. The Morgan fingerprint density at radius 3 is 2.68 bits per heavy atom. The highest BCUT2D eigenvalue weighted by atomic mass is 35.5. The van der Waals surface area contributed by atoms with Gasteiger partial charge in [-0.05, 0) is 12.1 Å². The minimum Gasteiger partial charge on any atom is -0.440 e. The molecule has 9 heteroatoms. The van der Waals surface area contributed by atoms with Crippen molar-refractivity contribution in [2.45, 2.75) is 6.18 Å². The Bertz CT molecular complexity index is 534. The molecule has 0 unspecified atom stereocenters. The fourth-order valence-electron chi connectivity index (χ4n) is 2.02. The van der Waals surface area contributed by atoms with Crippen molar-refractivity contribution in [3.8, 4) is 0 Å². The van der Waals surface area contributed by atoms with Crippen molar-refractivity contribution in [2.75, 3.05) is 43.1 Å². The lowest BCUT2D eigenvalue weighted by atomic mass is 10.2. The van der Waals surface area contributed by atoms with E-state index >= 15 is 0 Å². The van der Waals surface area contributed by atoms with E-state index in [0.717, 1.165) is 0 Å². The van der Waals surface area contributed by atoms with Crippen LogP contribution in [0.3, 0.4) is 0 Å². The number of morpholine rings is 1. The number of carbonyl (C=O) groups is 1. The van der Waals surface area contributed by atoms with Gasteiger partial charge in [-0.15, -0.1) is 0 Å². The Morgan fingerprint density at radius 1 is 1.36 bits per heavy atom. The van der Waals surface area contributed by atoms with Crippen LogP contribution in [0.2, 0.25) is 5.02 Å². The van der Waals surface area contributed by atoms with Gasteiger partial charge in [0, 0.05) is 13.1 Å². The van der Waals surface area contributed by atoms with Gasteiger partial charge in [-0.3, -0.25) is 5.32 Å². The molecule has 22 heavy (non-hydrogen) atoms. The van der Waals surface area contributed by atoms with Crippen LogP contribution in [-0.4, -0.2) is 45.2 Å². The van der Waals surface area contributed by atoms with Crippen LogP contribution in [0.25, 0.3) is 0 Å². The van der Waals surface area contributed by atoms with E-state index in [1.807, 2.05) is 4.90 Å². The summed E-state index contributed by atoms with van der Waals surface area (Å²) in [6, 6.07) is 4.77. The molecule has 2 rings (SSSR count). The van der Waals surface area contributed by atoms with Crippen molar-refractivity contribution in [1.82, 2.24) is 0 Å². The lowest BCUT2D eigenvalue weighted by molar-refractivity contribution is -0.159. The monoisotopic (exact) mass is 338 g/mol. The van der Waals surface area contributed by atoms with Gasteiger partial charge in [0.1, 0.15) is 0 Å². The number of alkyl halides is 3. The maximum atomic E-state index is 12.0. The SMILES string of the molecule is O=C(Nc1cccc(Cl)c1N1CCOCC1)OCC(F)(F)F. The van der Waals surface area contributed by atoms with Crippen molar-refractivity contribution in [2.24, 2.45) is 0 Å². The predicted molar refractivity (Wildman–Crippen MR) is 75.5 cm³/mol. The first-order valence-electron chi connectivity index (χ1n) is 6.48. The largest absolute Gasteiger partial charge is 0.440 e. The molecule has 1 aromatic carbocycles. The number of anilines is 2. The highest BCUT2D eigenvalue weighted by molar-refractivity contribution is 6.34. The Hall–Kier alpha value is -1.67. The van der Waals surface area contributed by atoms with Crippen LogP contribution in [0.15, 0.2) is 18.2 Å². The molecule has 1 fully saturated rings. The minimum absolute atomic E-state index is 0.293. The average molecular weight is 339 g/mol. The van der Waals surface area contributed by atoms with E-state index in [-0.39, 0.29) is 0 Å². The standard InChI is InChI=1S/C13H14ClF3N2O3/c14-9-2-1-3-10(11(9)19-4-6-21-7-5-19)18-12(20)22-8-13(15,16)17/h1-3H,4-8H2,(H,18,20). The summed E-state index contributed by atoms with van der Waals surface area (Å²) in [6.07, 6.45) is -5.76. The summed E-state index contributed by atoms with van der Waals surface area (Å²) >= 11 is 6.14. The molecule has 0 atom stereocenters. The average Bonchev–Trinajstić information content (AvgIpc) is 2.45. The molecule has 1 aliphatic rings. The number of rotatable bonds is 3. The fraction of sp³-hybridized carbons (Fsp3) is 0.462. The highest BCUT2D eigenvalue weighted by Crippen LogP contribution is 2.34. The molecule has 0 bridgehead atoms. The van der Waals surface area contributed by atoms with Gasteiger partial charge in [0.25, 0.3) is 0 Å². The molecule has 1 saturated heterocycles. The molecule has 0 radical (unpaired) electrons. The Morgan fingerprint density at radius 2 is 2.05 bits per heavy atom. The summed E-state index contributed by atoms with van der Waals surface area (Å²) in [6.45, 7) is 0.491. The number of nitrogens with one attached hydrogen (secondary N) is 1. The van der Waals surface area contributed by atoms with E-state index < -0.39 is 18.9 Å². The lowest BCUT2D eigenvalue weighted by Gasteiger charge is -2.31. The third-order valence-electron chi connectivity index (χ3n) is 2.92. The van der Waals surface area contributed by atoms with Gasteiger partial charge in [0.2, 0.25) is 0 Å². The van der Waals surface area contributed by atoms with E-state index in [2.05, 4.69) is 10.1 Å². The Balaban J connectivity index is 2.10. The van der Waals surface area contributed by atoms with Gasteiger partial charge >= 0.3 is 12.3 Å². The van der Waals surface area contributed by atoms with Crippen LogP contribution in [0, 0.1) is 0 Å². The third-order valence-corrected chi connectivity index (χ3v) is 3.22. The van der Waals surface area contributed by atoms with Gasteiger partial charge in [-0.25, -0.2) is 4.79 Å². The second-order valence-electron chi connectivity index (χ2n) is 4.55. The smallest absolute Gasteiger partial charge is 0.422 e. The van der Waals surface area contributed by atoms with E-state index in [1.165, 1.54) is 0 Å². The fourth-order valence-corrected chi connectivity index (χ4v) is 2.31. The first-order chi connectivity index (χ1) is 10.4. The topological polar surface area (TPSA) is 50.8 Å². The van der Waals surface area contributed by atoms with Gasteiger partial charge in [-0.2, -0.15) is 13.2 Å². The van der Waals surface area contributed by atoms with Crippen molar-refractivity contribution in [3.63, 3.8) is 0 Å². The molecule has 1 aliphatic heterocycles. The number of carbonyl (C=O) groups excluding carboxylic acids is 1. The zero-order valence-corrected chi connectivity index (χ0v) is 12.2. The summed E-state index contributed by atoms with van der Waals surface area (Å²) in [7, 11) is 0. The van der Waals surface area contributed by atoms with E-state index in [0.29, 0.717) is 42.7 Å². The number of amides is 1. The maximum Gasteiger partial charge on any atom is 0.422 e. The number of benzene rings is 1. The van der Waals surface area contributed by atoms with Gasteiger partial charge < -0.3 is 14.4 Å². The van der Waals surface area contributed by atoms with Crippen molar-refractivity contribution >= 4 is 29.1 Å². The highest BCUT2D eigenvalue weighted by Gasteiger charge is 2.30. The number of para-hydroxylation sites is 1. The molecule has 1 N–H and O–H groups in total. The van der Waals surface area contributed by atoms with E-state index in [4.69, 9.17) is 16.3 Å². The van der Waals surface area contributed by atoms with Crippen LogP contribution >= 0.6 is 11.6 Å². The van der Waals surface area contributed by atoms with Crippen LogP contribution in [-0.2, 0) is 9.47 Å². The molecular formula is C13H14ClF3N2O3. The second kappa shape index (κ2) is 7.06. The normalized spacial score (nSPS) is 15.5. The molecule has 1 amide bonds. The van der Waals surface area contributed by atoms with Crippen molar-refractivity contribution in [3.05, 3.63) is 23.2 Å². The zero-order valence-electron chi connectivity index (χ0n) is 11.5. The molecule has 0 aromatic heterocycles. The summed E-state index contributed by atoms with van der Waals surface area (Å²) in [5, 5.41) is 2.68. The lowest BCUT2D eigenvalue weighted by Crippen LogP contribution is -2.37. The molecular weight excluding hydrogens is 325 g/mol. The Kier molecular flexibility index (Phi) is 5.36. The number of hydrogen-bond acceptors (Lipinski definition) is 4. The minimum atomic E-state index is -4.57. The number of ether oxygens (including phenoxy) is 2. The summed E-state index contributed by atoms with van der Waals surface area (Å²) < 4.78 is 45.5. The van der Waals surface area contributed by atoms with Gasteiger partial charge in [-0.1, -0.05) is 17.7 Å². The van der Waals surface area contributed by atoms with Gasteiger partial charge in [0.05, 0.1) is 29.6 Å². The molecule has 0 spiro atoms. The van der Waals surface area contributed by atoms with Crippen LogP contribution < -0.4 is 10.2 Å². The summed E-state index contributed by atoms with van der Waals surface area (Å²) in [5.41, 5.74) is 0.831. The first-order valence-corrected chi connectivity index (χ1v) is 6.86. The second-order valence-corrected chi connectivity index (χ2v) is 4.96. The number of halogens is 4. The Labute approximate surface area is 129 Å². The molecule has 1 heterocycles. The number of nitrogens with zero attached hydrogens (tertiary/aromatic N) is 1. The van der Waals surface area contributed by atoms with Gasteiger partial charge in [0.15, 0.2) is 6.61 Å². The summed E-state index contributed by atoms with van der Waals surface area (Å²) in [4.78, 5) is 13.4. The van der Waals surface area contributed by atoms with E-state index in [9.17, 15) is 18.0 Å². The predicted octanol–water partition coefficient (Wildman–Crippen LogP) is 3.29. The van der Waals surface area contributed by atoms with Crippen molar-refractivity contribution in [1.29, 1.82) is 0 Å². The molecule has 0 saturated carbocycles. The summed E-state index contributed by atoms with van der Waals surface area (Å²) in [5.74, 6) is 0. The zero-order chi connectivity index (χ0) is 16.2. The van der Waals surface area contributed by atoms with Crippen molar-refractivity contribution < 1.29 is 27.4 Å². The third kappa shape index (κ3) is 4.67. The van der Waals surface area contributed by atoms with Crippen LogP contribution in [0.5, 0.6) is 0 Å². The quantitative estimate of drug-likeness (QED) is 0.919. The first kappa shape index (κ1) is 16.7. The number of hydrogen-bond donors (Lipinski definition) is 1. The van der Waals surface area contributed by atoms with Crippen LogP contribution in [0.1, 0.15) is 0 Å². The molecule has 1 aromatic rings. The van der Waals surface area contributed by atoms with E-state index in [1.54, 1.807) is 18.2 Å². The van der Waals surface area contributed by atoms with Crippen LogP contribution in [0.4, 0.5) is 29.3 Å². The molecule has 0 aliphatic carbocycles. The molecule has 122 valence electrons.